The van der Waals surface area contributed by atoms with Crippen LogP contribution in [0.15, 0.2) is 10.1 Å². The molecule has 0 amide bonds. The highest BCUT2D eigenvalue weighted by Gasteiger charge is 2.17. The second-order valence-electron chi connectivity index (χ2n) is 2.50. The van der Waals surface area contributed by atoms with Gasteiger partial charge in [0, 0.05) is 19.8 Å². The minimum absolute atomic E-state index is 0.348. The Labute approximate surface area is 92.3 Å². The summed E-state index contributed by atoms with van der Waals surface area (Å²) in [6.07, 6.45) is -0.570. The summed E-state index contributed by atoms with van der Waals surface area (Å²) in [5.74, 6) is -0.376. The van der Waals surface area contributed by atoms with Crippen molar-refractivity contribution >= 4 is 21.9 Å². The van der Waals surface area contributed by atoms with Crippen molar-refractivity contribution in [3.05, 3.63) is 10.1 Å². The fourth-order valence-electron chi connectivity index (χ4n) is 0.817. The van der Waals surface area contributed by atoms with Gasteiger partial charge in [-0.1, -0.05) is 0 Å². The third kappa shape index (κ3) is 3.77. The SMILES string of the molecule is CCOC(=O)/C(C)=C(\Br)C(OC)OC. The zero-order chi connectivity index (χ0) is 11.1. The van der Waals surface area contributed by atoms with Gasteiger partial charge in [-0.2, -0.15) is 0 Å². The highest BCUT2D eigenvalue weighted by atomic mass is 79.9. The Kier molecular flexibility index (Phi) is 6.78. The molecule has 0 heterocycles. The van der Waals surface area contributed by atoms with Crippen molar-refractivity contribution in [3.63, 3.8) is 0 Å². The molecule has 0 aromatic rings. The second kappa shape index (κ2) is 6.98. The lowest BCUT2D eigenvalue weighted by atomic mass is 10.3. The molecule has 4 nitrogen and oxygen atoms in total. The standard InChI is InChI=1S/C9H15BrO4/c1-5-14-8(11)6(2)7(10)9(12-3)13-4/h9H,5H2,1-4H3/b7-6-. The summed E-state index contributed by atoms with van der Waals surface area (Å²) >= 11 is 3.23. The molecule has 0 spiro atoms. The van der Waals surface area contributed by atoms with Crippen LogP contribution in [0.2, 0.25) is 0 Å². The van der Waals surface area contributed by atoms with Crippen molar-refractivity contribution in [2.45, 2.75) is 20.1 Å². The lowest BCUT2D eigenvalue weighted by Crippen LogP contribution is -2.17. The smallest absolute Gasteiger partial charge is 0.334 e. The summed E-state index contributed by atoms with van der Waals surface area (Å²) in [7, 11) is 2.99. The van der Waals surface area contributed by atoms with Crippen molar-refractivity contribution < 1.29 is 19.0 Å². The Morgan fingerprint density at radius 2 is 1.86 bits per heavy atom. The lowest BCUT2D eigenvalue weighted by Gasteiger charge is -2.14. The molecule has 0 aliphatic carbocycles. The lowest BCUT2D eigenvalue weighted by molar-refractivity contribution is -0.138. The molecule has 82 valence electrons. The summed E-state index contributed by atoms with van der Waals surface area (Å²) in [6.45, 7) is 3.75. The summed E-state index contributed by atoms with van der Waals surface area (Å²) < 4.78 is 15.3. The molecule has 0 fully saturated rings. The van der Waals surface area contributed by atoms with Gasteiger partial charge in [-0.05, 0) is 29.8 Å². The topological polar surface area (TPSA) is 44.8 Å². The van der Waals surface area contributed by atoms with Crippen LogP contribution in [0.1, 0.15) is 13.8 Å². The van der Waals surface area contributed by atoms with Crippen LogP contribution in [0.4, 0.5) is 0 Å². The molecule has 0 atom stereocenters. The number of carbonyl (C=O) groups is 1. The molecule has 5 heteroatoms. The molecule has 14 heavy (non-hydrogen) atoms. The molecule has 0 saturated heterocycles. The Morgan fingerprint density at radius 3 is 2.21 bits per heavy atom. The van der Waals surface area contributed by atoms with Crippen LogP contribution in [0.25, 0.3) is 0 Å². The molecular weight excluding hydrogens is 252 g/mol. The summed E-state index contributed by atoms with van der Waals surface area (Å²) in [5.41, 5.74) is 0.445. The van der Waals surface area contributed by atoms with Gasteiger partial charge >= 0.3 is 5.97 Å². The maximum Gasteiger partial charge on any atom is 0.334 e. The van der Waals surface area contributed by atoms with E-state index in [4.69, 9.17) is 14.2 Å². The molecule has 0 rings (SSSR count). The molecule has 0 aliphatic rings. The van der Waals surface area contributed by atoms with Crippen molar-refractivity contribution in [2.75, 3.05) is 20.8 Å². The van der Waals surface area contributed by atoms with Gasteiger partial charge in [-0.15, -0.1) is 0 Å². The predicted molar refractivity (Wildman–Crippen MR) is 56.1 cm³/mol. The quantitative estimate of drug-likeness (QED) is 0.433. The summed E-state index contributed by atoms with van der Waals surface area (Å²) in [6, 6.07) is 0. The van der Waals surface area contributed by atoms with E-state index in [2.05, 4.69) is 15.9 Å². The predicted octanol–water partition coefficient (Wildman–Crippen LogP) is 1.84. The molecule has 0 aliphatic heterocycles. The van der Waals surface area contributed by atoms with E-state index in [0.717, 1.165) is 0 Å². The molecule has 0 unspecified atom stereocenters. The van der Waals surface area contributed by atoms with E-state index < -0.39 is 6.29 Å². The zero-order valence-electron chi connectivity index (χ0n) is 8.80. The summed E-state index contributed by atoms with van der Waals surface area (Å²) in [5, 5.41) is 0. The minimum Gasteiger partial charge on any atom is -0.463 e. The zero-order valence-corrected chi connectivity index (χ0v) is 10.4. The molecule has 0 aromatic heterocycles. The van der Waals surface area contributed by atoms with Crippen LogP contribution in [-0.2, 0) is 19.0 Å². The maximum atomic E-state index is 11.3. The molecule has 0 radical (unpaired) electrons. The summed E-state index contributed by atoms with van der Waals surface area (Å²) in [4.78, 5) is 11.3. The minimum atomic E-state index is -0.570. The van der Waals surface area contributed by atoms with Crippen LogP contribution in [0.5, 0.6) is 0 Å². The molecule has 0 saturated carbocycles. The van der Waals surface area contributed by atoms with E-state index in [9.17, 15) is 4.79 Å². The second-order valence-corrected chi connectivity index (χ2v) is 3.35. The first-order valence-corrected chi connectivity index (χ1v) is 4.96. The number of ether oxygens (including phenoxy) is 3. The van der Waals surface area contributed by atoms with Gasteiger partial charge in [0.05, 0.1) is 11.1 Å². The highest BCUT2D eigenvalue weighted by molar-refractivity contribution is 9.11. The van der Waals surface area contributed by atoms with Crippen molar-refractivity contribution in [1.29, 1.82) is 0 Å². The highest BCUT2D eigenvalue weighted by Crippen LogP contribution is 2.20. The average molecular weight is 267 g/mol. The van der Waals surface area contributed by atoms with Gasteiger partial charge in [0.25, 0.3) is 0 Å². The first-order valence-electron chi connectivity index (χ1n) is 4.17. The third-order valence-corrected chi connectivity index (χ3v) is 2.54. The molecular formula is C9H15BrO4. The van der Waals surface area contributed by atoms with Crippen LogP contribution in [0.3, 0.4) is 0 Å². The van der Waals surface area contributed by atoms with E-state index in [1.807, 2.05) is 0 Å². The van der Waals surface area contributed by atoms with Gasteiger partial charge in [0.1, 0.15) is 0 Å². The van der Waals surface area contributed by atoms with Crippen molar-refractivity contribution in [3.8, 4) is 0 Å². The van der Waals surface area contributed by atoms with Crippen LogP contribution in [-0.4, -0.2) is 33.1 Å². The maximum absolute atomic E-state index is 11.3. The van der Waals surface area contributed by atoms with Crippen molar-refractivity contribution in [1.82, 2.24) is 0 Å². The fraction of sp³-hybridized carbons (Fsp3) is 0.667. The normalized spacial score (nSPS) is 12.7. The first kappa shape index (κ1) is 13.6. The largest absolute Gasteiger partial charge is 0.463 e. The number of esters is 1. The van der Waals surface area contributed by atoms with Gasteiger partial charge in [0.15, 0.2) is 6.29 Å². The average Bonchev–Trinajstić information content (AvgIpc) is 2.18. The van der Waals surface area contributed by atoms with Crippen LogP contribution < -0.4 is 0 Å². The fourth-order valence-corrected chi connectivity index (χ4v) is 1.35. The number of hydrogen-bond acceptors (Lipinski definition) is 4. The number of hydrogen-bond donors (Lipinski definition) is 0. The number of rotatable bonds is 5. The van der Waals surface area contributed by atoms with E-state index in [1.165, 1.54) is 14.2 Å². The van der Waals surface area contributed by atoms with E-state index >= 15 is 0 Å². The van der Waals surface area contributed by atoms with Gasteiger partial charge in [-0.25, -0.2) is 4.79 Å². The number of halogens is 1. The molecule has 0 N–H and O–H groups in total. The van der Waals surface area contributed by atoms with E-state index in [-0.39, 0.29) is 5.97 Å². The van der Waals surface area contributed by atoms with Crippen LogP contribution >= 0.6 is 15.9 Å². The van der Waals surface area contributed by atoms with Crippen LogP contribution in [0, 0.1) is 0 Å². The van der Waals surface area contributed by atoms with Gasteiger partial charge < -0.3 is 14.2 Å². The Bertz CT molecular complexity index is 221. The van der Waals surface area contributed by atoms with Crippen molar-refractivity contribution in [2.24, 2.45) is 0 Å². The number of carbonyl (C=O) groups excluding carboxylic acids is 1. The van der Waals surface area contributed by atoms with E-state index in [0.29, 0.717) is 16.7 Å². The number of methoxy groups -OCH3 is 2. The first-order chi connectivity index (χ1) is 6.58. The molecule has 0 bridgehead atoms. The van der Waals surface area contributed by atoms with Gasteiger partial charge in [-0.3, -0.25) is 0 Å². The Hall–Kier alpha value is -0.390. The molecule has 0 aromatic carbocycles. The monoisotopic (exact) mass is 266 g/mol. The Morgan fingerprint density at radius 1 is 1.36 bits per heavy atom. The Balaban J connectivity index is 4.63. The van der Waals surface area contributed by atoms with E-state index in [1.54, 1.807) is 13.8 Å². The third-order valence-electron chi connectivity index (χ3n) is 1.57. The van der Waals surface area contributed by atoms with Gasteiger partial charge in [0.2, 0.25) is 0 Å².